The Hall–Kier alpha value is -1.87. The second-order valence-corrected chi connectivity index (χ2v) is 3.82. The zero-order valence-electron chi connectivity index (χ0n) is 9.76. The van der Waals surface area contributed by atoms with E-state index in [1.165, 1.54) is 0 Å². The fraction of sp³-hybridized carbons (Fsp3) is 0.308. The van der Waals surface area contributed by atoms with Crippen molar-refractivity contribution in [1.82, 2.24) is 5.32 Å². The quantitative estimate of drug-likeness (QED) is 0.508. The lowest BCUT2D eigenvalue weighted by Gasteiger charge is -2.27. The van der Waals surface area contributed by atoms with Gasteiger partial charge in [0.05, 0.1) is 19.8 Å². The molecule has 0 fully saturated rings. The second-order valence-electron chi connectivity index (χ2n) is 3.82. The summed E-state index contributed by atoms with van der Waals surface area (Å²) in [5.41, 5.74) is -0.766. The highest BCUT2D eigenvalue weighted by atomic mass is 16.3. The van der Waals surface area contributed by atoms with Gasteiger partial charge in [-0.2, -0.15) is 0 Å². The van der Waals surface area contributed by atoms with Gasteiger partial charge >= 0.3 is 0 Å². The predicted molar refractivity (Wildman–Crippen MR) is 65.5 cm³/mol. The van der Waals surface area contributed by atoms with Gasteiger partial charge in [0.25, 0.3) is 5.91 Å². The van der Waals surface area contributed by atoms with E-state index in [9.17, 15) is 4.79 Å². The van der Waals surface area contributed by atoms with Crippen molar-refractivity contribution in [3.05, 3.63) is 35.9 Å². The lowest BCUT2D eigenvalue weighted by molar-refractivity contribution is -0.119. The van der Waals surface area contributed by atoms with Crippen LogP contribution in [-0.4, -0.2) is 46.6 Å². The maximum absolute atomic E-state index is 11.5. The molecule has 0 saturated carbocycles. The van der Waals surface area contributed by atoms with Gasteiger partial charge in [0, 0.05) is 11.5 Å². The van der Waals surface area contributed by atoms with E-state index in [0.717, 1.165) is 0 Å². The van der Waals surface area contributed by atoms with Crippen LogP contribution >= 0.6 is 0 Å². The van der Waals surface area contributed by atoms with Gasteiger partial charge in [0.15, 0.2) is 0 Å². The van der Waals surface area contributed by atoms with E-state index in [-0.39, 0.29) is 0 Å². The summed E-state index contributed by atoms with van der Waals surface area (Å²) in [6.45, 7) is -1.71. The maximum atomic E-state index is 11.5. The third-order valence-corrected chi connectivity index (χ3v) is 2.38. The zero-order valence-corrected chi connectivity index (χ0v) is 9.76. The Labute approximate surface area is 105 Å². The van der Waals surface area contributed by atoms with Crippen LogP contribution in [0.2, 0.25) is 0 Å². The van der Waals surface area contributed by atoms with Crippen molar-refractivity contribution in [1.29, 1.82) is 0 Å². The summed E-state index contributed by atoms with van der Waals surface area (Å²) in [7, 11) is 0. The van der Waals surface area contributed by atoms with Crippen LogP contribution in [0.1, 0.15) is 5.56 Å². The number of rotatable bonds is 4. The Bertz CT molecular complexity index is 435. The number of amides is 1. The topological polar surface area (TPSA) is 89.8 Å². The van der Waals surface area contributed by atoms with E-state index in [4.69, 9.17) is 15.3 Å². The number of benzene rings is 1. The highest BCUT2D eigenvalue weighted by Crippen LogP contribution is 2.01. The van der Waals surface area contributed by atoms with Crippen LogP contribution in [0.5, 0.6) is 0 Å². The largest absolute Gasteiger partial charge is 0.394 e. The average molecular weight is 249 g/mol. The number of nitrogens with one attached hydrogen (secondary N) is 1. The summed E-state index contributed by atoms with van der Waals surface area (Å²) in [4.78, 5) is 11.5. The normalized spacial score (nSPS) is 10.4. The molecule has 4 N–H and O–H groups in total. The molecule has 1 rings (SSSR count). The van der Waals surface area contributed by atoms with Gasteiger partial charge in [0.1, 0.15) is 5.54 Å². The first kappa shape index (κ1) is 14.2. The Kier molecular flexibility index (Phi) is 5.33. The molecule has 0 aromatic heterocycles. The molecular weight excluding hydrogens is 234 g/mol. The van der Waals surface area contributed by atoms with Crippen molar-refractivity contribution >= 4 is 5.91 Å². The van der Waals surface area contributed by atoms with Crippen LogP contribution in [0.15, 0.2) is 30.3 Å². The fourth-order valence-corrected chi connectivity index (χ4v) is 1.19. The van der Waals surface area contributed by atoms with Gasteiger partial charge in [-0.05, 0) is 12.1 Å². The third-order valence-electron chi connectivity index (χ3n) is 2.38. The number of hydrogen-bond donors (Lipinski definition) is 4. The van der Waals surface area contributed by atoms with Crippen molar-refractivity contribution in [2.75, 3.05) is 19.8 Å². The molecule has 0 spiro atoms. The molecule has 0 bridgehead atoms. The van der Waals surface area contributed by atoms with Crippen molar-refractivity contribution in [3.8, 4) is 11.8 Å². The maximum Gasteiger partial charge on any atom is 0.296 e. The van der Waals surface area contributed by atoms with Crippen molar-refractivity contribution in [2.45, 2.75) is 5.54 Å². The minimum absolute atomic E-state index is 0.571. The molecule has 0 aliphatic carbocycles. The molecule has 5 heteroatoms. The Balaban J connectivity index is 2.70. The highest BCUT2D eigenvalue weighted by Gasteiger charge is 2.29. The van der Waals surface area contributed by atoms with Crippen LogP contribution < -0.4 is 5.32 Å². The van der Waals surface area contributed by atoms with Gasteiger partial charge in [-0.15, -0.1) is 0 Å². The third kappa shape index (κ3) is 3.86. The molecule has 0 unspecified atom stereocenters. The standard InChI is InChI=1S/C13H15NO4/c15-8-13(9-16,10-17)14-12(18)7-6-11-4-2-1-3-5-11/h1-5,15-17H,8-10H2,(H,14,18). The molecule has 0 saturated heterocycles. The Morgan fingerprint density at radius 3 is 2.17 bits per heavy atom. The molecule has 1 aromatic rings. The second kappa shape index (κ2) is 6.77. The smallest absolute Gasteiger partial charge is 0.296 e. The molecular formula is C13H15NO4. The van der Waals surface area contributed by atoms with Gasteiger partial charge < -0.3 is 20.6 Å². The van der Waals surface area contributed by atoms with E-state index >= 15 is 0 Å². The van der Waals surface area contributed by atoms with Gasteiger partial charge in [0.2, 0.25) is 0 Å². The monoisotopic (exact) mass is 249 g/mol. The molecule has 0 aliphatic rings. The van der Waals surface area contributed by atoms with Crippen LogP contribution in [0.3, 0.4) is 0 Å². The van der Waals surface area contributed by atoms with E-state index < -0.39 is 31.3 Å². The first-order chi connectivity index (χ1) is 8.65. The minimum Gasteiger partial charge on any atom is -0.394 e. The molecule has 1 amide bonds. The first-order valence-corrected chi connectivity index (χ1v) is 5.37. The van der Waals surface area contributed by atoms with E-state index in [2.05, 4.69) is 17.2 Å². The summed E-state index contributed by atoms with van der Waals surface area (Å²) in [5.74, 6) is 4.29. The fourth-order valence-electron chi connectivity index (χ4n) is 1.19. The molecule has 5 nitrogen and oxygen atoms in total. The molecule has 18 heavy (non-hydrogen) atoms. The van der Waals surface area contributed by atoms with E-state index in [1.807, 2.05) is 6.07 Å². The summed E-state index contributed by atoms with van der Waals surface area (Å²) in [5, 5.41) is 29.4. The summed E-state index contributed by atoms with van der Waals surface area (Å²) >= 11 is 0. The SMILES string of the molecule is O=C(C#Cc1ccccc1)NC(CO)(CO)CO. The highest BCUT2D eigenvalue weighted by molar-refractivity contribution is 5.94. The van der Waals surface area contributed by atoms with Crippen molar-refractivity contribution in [2.24, 2.45) is 0 Å². The molecule has 96 valence electrons. The lowest BCUT2D eigenvalue weighted by Crippen LogP contribution is -2.56. The van der Waals surface area contributed by atoms with E-state index in [1.54, 1.807) is 24.3 Å². The Morgan fingerprint density at radius 2 is 1.67 bits per heavy atom. The summed E-state index contributed by atoms with van der Waals surface area (Å²) in [6, 6.07) is 8.91. The van der Waals surface area contributed by atoms with E-state index in [0.29, 0.717) is 5.56 Å². The molecule has 0 atom stereocenters. The molecule has 0 aliphatic heterocycles. The molecule has 0 radical (unpaired) electrons. The number of carbonyl (C=O) groups excluding carboxylic acids is 1. The van der Waals surface area contributed by atoms with Gasteiger partial charge in [-0.3, -0.25) is 4.79 Å². The first-order valence-electron chi connectivity index (χ1n) is 5.37. The number of carbonyl (C=O) groups is 1. The Morgan fingerprint density at radius 1 is 1.11 bits per heavy atom. The van der Waals surface area contributed by atoms with Crippen molar-refractivity contribution < 1.29 is 20.1 Å². The number of aliphatic hydroxyl groups is 3. The number of aliphatic hydroxyl groups excluding tert-OH is 3. The van der Waals surface area contributed by atoms with Crippen LogP contribution in [-0.2, 0) is 4.79 Å². The predicted octanol–water partition coefficient (Wildman–Crippen LogP) is -1.13. The van der Waals surface area contributed by atoms with Crippen LogP contribution in [0, 0.1) is 11.8 Å². The minimum atomic E-state index is -1.44. The molecule has 1 aromatic carbocycles. The van der Waals surface area contributed by atoms with Crippen LogP contribution in [0.25, 0.3) is 0 Å². The number of hydrogen-bond acceptors (Lipinski definition) is 4. The summed E-state index contributed by atoms with van der Waals surface area (Å²) in [6.07, 6.45) is 0. The zero-order chi connectivity index (χ0) is 13.4. The van der Waals surface area contributed by atoms with Crippen LogP contribution in [0.4, 0.5) is 0 Å². The lowest BCUT2D eigenvalue weighted by atomic mass is 10.0. The summed E-state index contributed by atoms with van der Waals surface area (Å²) < 4.78 is 0. The average Bonchev–Trinajstić information content (AvgIpc) is 2.44. The molecule has 0 heterocycles. The van der Waals surface area contributed by atoms with Crippen molar-refractivity contribution in [3.63, 3.8) is 0 Å². The van der Waals surface area contributed by atoms with Gasteiger partial charge in [-0.25, -0.2) is 0 Å². The van der Waals surface area contributed by atoms with Gasteiger partial charge in [-0.1, -0.05) is 24.1 Å².